The van der Waals surface area contributed by atoms with E-state index in [9.17, 15) is 4.79 Å². The van der Waals surface area contributed by atoms with E-state index in [4.69, 9.17) is 0 Å². The summed E-state index contributed by atoms with van der Waals surface area (Å²) in [4.78, 5) is 10.6. The van der Waals surface area contributed by atoms with Crippen molar-refractivity contribution in [1.82, 2.24) is 9.78 Å². The molecule has 0 fully saturated rings. The second kappa shape index (κ2) is 4.31. The average molecular weight is 214 g/mol. The fourth-order valence-electron chi connectivity index (χ4n) is 1.81. The zero-order chi connectivity index (χ0) is 11.5. The minimum absolute atomic E-state index is 0.698. The van der Waals surface area contributed by atoms with Gasteiger partial charge in [-0.1, -0.05) is 24.3 Å². The van der Waals surface area contributed by atoms with Crippen LogP contribution in [0.1, 0.15) is 22.8 Å². The van der Waals surface area contributed by atoms with Crippen LogP contribution in [-0.4, -0.2) is 16.1 Å². The standard InChI is InChI=1S/C13H14N2O/c1-3-15-13(10(2)8-14-15)12-6-4-11(9-16)5-7-12/h4-9H,3H2,1-2H3. The van der Waals surface area contributed by atoms with Gasteiger partial charge in [-0.3, -0.25) is 9.48 Å². The zero-order valence-electron chi connectivity index (χ0n) is 9.47. The van der Waals surface area contributed by atoms with Gasteiger partial charge in [0.05, 0.1) is 11.9 Å². The molecule has 0 atom stereocenters. The molecule has 0 saturated heterocycles. The first-order valence-electron chi connectivity index (χ1n) is 5.34. The lowest BCUT2D eigenvalue weighted by molar-refractivity contribution is 0.112. The third kappa shape index (κ3) is 1.76. The number of aldehydes is 1. The molecule has 2 aromatic rings. The molecule has 1 heterocycles. The molecule has 3 nitrogen and oxygen atoms in total. The molecule has 0 spiro atoms. The maximum atomic E-state index is 10.6. The molecule has 1 aromatic carbocycles. The van der Waals surface area contributed by atoms with E-state index in [1.54, 1.807) is 0 Å². The van der Waals surface area contributed by atoms with Gasteiger partial charge < -0.3 is 0 Å². The topological polar surface area (TPSA) is 34.9 Å². The van der Waals surface area contributed by atoms with Crippen molar-refractivity contribution in [3.05, 3.63) is 41.6 Å². The summed E-state index contributed by atoms with van der Waals surface area (Å²) in [6, 6.07) is 7.57. The van der Waals surface area contributed by atoms with Crippen molar-refractivity contribution in [2.24, 2.45) is 0 Å². The number of carbonyl (C=O) groups excluding carboxylic acids is 1. The number of rotatable bonds is 3. The third-order valence-electron chi connectivity index (χ3n) is 2.64. The Labute approximate surface area is 94.7 Å². The van der Waals surface area contributed by atoms with Crippen LogP contribution in [0.3, 0.4) is 0 Å². The highest BCUT2D eigenvalue weighted by Crippen LogP contribution is 2.23. The molecule has 0 aliphatic rings. The largest absolute Gasteiger partial charge is 0.298 e. The molecule has 0 radical (unpaired) electrons. The molecule has 0 unspecified atom stereocenters. The third-order valence-corrected chi connectivity index (χ3v) is 2.64. The van der Waals surface area contributed by atoms with Crippen LogP contribution >= 0.6 is 0 Å². The van der Waals surface area contributed by atoms with Gasteiger partial charge >= 0.3 is 0 Å². The fraction of sp³-hybridized carbons (Fsp3) is 0.231. The molecule has 0 aliphatic heterocycles. The molecule has 16 heavy (non-hydrogen) atoms. The van der Waals surface area contributed by atoms with Crippen LogP contribution in [0.5, 0.6) is 0 Å². The Morgan fingerprint density at radius 1 is 1.31 bits per heavy atom. The number of hydrogen-bond donors (Lipinski definition) is 0. The molecular formula is C13H14N2O. The molecule has 0 N–H and O–H groups in total. The second-order valence-electron chi connectivity index (χ2n) is 3.73. The SMILES string of the molecule is CCn1ncc(C)c1-c1ccc(C=O)cc1. The maximum absolute atomic E-state index is 10.6. The first kappa shape index (κ1) is 10.6. The normalized spacial score (nSPS) is 10.4. The first-order valence-corrected chi connectivity index (χ1v) is 5.34. The molecule has 1 aromatic heterocycles. The van der Waals surface area contributed by atoms with Gasteiger partial charge in [0.2, 0.25) is 0 Å². The fourth-order valence-corrected chi connectivity index (χ4v) is 1.81. The van der Waals surface area contributed by atoms with Crippen molar-refractivity contribution in [3.8, 4) is 11.3 Å². The Morgan fingerprint density at radius 3 is 2.56 bits per heavy atom. The Balaban J connectivity index is 2.49. The van der Waals surface area contributed by atoms with Crippen LogP contribution in [0.2, 0.25) is 0 Å². The summed E-state index contributed by atoms with van der Waals surface area (Å²) < 4.78 is 1.96. The molecule has 0 amide bonds. The summed E-state index contributed by atoms with van der Waals surface area (Å²) >= 11 is 0. The van der Waals surface area contributed by atoms with Crippen molar-refractivity contribution in [2.75, 3.05) is 0 Å². The minimum atomic E-state index is 0.698. The van der Waals surface area contributed by atoms with E-state index in [2.05, 4.69) is 12.0 Å². The van der Waals surface area contributed by atoms with Gasteiger partial charge in [0.1, 0.15) is 6.29 Å². The lowest BCUT2D eigenvalue weighted by atomic mass is 10.1. The van der Waals surface area contributed by atoms with E-state index in [1.165, 1.54) is 0 Å². The number of nitrogens with zero attached hydrogens (tertiary/aromatic N) is 2. The quantitative estimate of drug-likeness (QED) is 0.736. The molecule has 2 rings (SSSR count). The van der Waals surface area contributed by atoms with Crippen LogP contribution in [0.15, 0.2) is 30.5 Å². The maximum Gasteiger partial charge on any atom is 0.150 e. The van der Waals surface area contributed by atoms with E-state index >= 15 is 0 Å². The predicted molar refractivity (Wildman–Crippen MR) is 63.5 cm³/mol. The van der Waals surface area contributed by atoms with Crippen LogP contribution in [0.25, 0.3) is 11.3 Å². The molecule has 0 aliphatic carbocycles. The highest BCUT2D eigenvalue weighted by atomic mass is 16.1. The Hall–Kier alpha value is -1.90. The molecule has 82 valence electrons. The van der Waals surface area contributed by atoms with Gasteiger partial charge in [0.15, 0.2) is 0 Å². The Morgan fingerprint density at radius 2 is 2.00 bits per heavy atom. The highest BCUT2D eigenvalue weighted by Gasteiger charge is 2.08. The lowest BCUT2D eigenvalue weighted by Crippen LogP contribution is -1.99. The number of hydrogen-bond acceptors (Lipinski definition) is 2. The number of aromatic nitrogens is 2. The van der Waals surface area contributed by atoms with Crippen LogP contribution in [0, 0.1) is 6.92 Å². The van der Waals surface area contributed by atoms with E-state index in [0.29, 0.717) is 5.56 Å². The van der Waals surface area contributed by atoms with Gasteiger partial charge in [-0.2, -0.15) is 5.10 Å². The van der Waals surface area contributed by atoms with Crippen molar-refractivity contribution in [2.45, 2.75) is 20.4 Å². The van der Waals surface area contributed by atoms with Crippen molar-refractivity contribution in [1.29, 1.82) is 0 Å². The summed E-state index contributed by atoms with van der Waals surface area (Å²) in [7, 11) is 0. The molecule has 3 heteroatoms. The van der Waals surface area contributed by atoms with Gasteiger partial charge in [0.25, 0.3) is 0 Å². The van der Waals surface area contributed by atoms with Crippen LogP contribution in [0.4, 0.5) is 0 Å². The van der Waals surface area contributed by atoms with Crippen molar-refractivity contribution >= 4 is 6.29 Å². The Bertz CT molecular complexity index is 497. The number of aryl methyl sites for hydroxylation is 2. The van der Waals surface area contributed by atoms with E-state index in [0.717, 1.165) is 29.7 Å². The predicted octanol–water partition coefficient (Wildman–Crippen LogP) is 2.69. The molecule has 0 bridgehead atoms. The van der Waals surface area contributed by atoms with Crippen molar-refractivity contribution in [3.63, 3.8) is 0 Å². The monoisotopic (exact) mass is 214 g/mol. The summed E-state index contributed by atoms with van der Waals surface area (Å²) in [5.41, 5.74) is 4.08. The van der Waals surface area contributed by atoms with Gasteiger partial charge in [-0.05, 0) is 19.4 Å². The average Bonchev–Trinajstić information content (AvgIpc) is 2.70. The molecule has 0 saturated carbocycles. The van der Waals surface area contributed by atoms with Gasteiger partial charge in [-0.15, -0.1) is 0 Å². The zero-order valence-corrected chi connectivity index (χ0v) is 9.47. The Kier molecular flexibility index (Phi) is 2.86. The number of benzene rings is 1. The van der Waals surface area contributed by atoms with E-state index < -0.39 is 0 Å². The first-order chi connectivity index (χ1) is 7.76. The number of carbonyl (C=O) groups is 1. The summed E-state index contributed by atoms with van der Waals surface area (Å²) in [6.07, 6.45) is 2.72. The highest BCUT2D eigenvalue weighted by molar-refractivity contribution is 5.76. The van der Waals surface area contributed by atoms with Gasteiger partial charge in [-0.25, -0.2) is 0 Å². The van der Waals surface area contributed by atoms with E-state index in [1.807, 2.05) is 42.1 Å². The minimum Gasteiger partial charge on any atom is -0.298 e. The summed E-state index contributed by atoms with van der Waals surface area (Å²) in [5, 5.41) is 4.30. The summed E-state index contributed by atoms with van der Waals surface area (Å²) in [6.45, 7) is 4.95. The van der Waals surface area contributed by atoms with Crippen molar-refractivity contribution < 1.29 is 4.79 Å². The second-order valence-corrected chi connectivity index (χ2v) is 3.73. The smallest absolute Gasteiger partial charge is 0.150 e. The molecular weight excluding hydrogens is 200 g/mol. The van der Waals surface area contributed by atoms with Crippen LogP contribution < -0.4 is 0 Å². The van der Waals surface area contributed by atoms with E-state index in [-0.39, 0.29) is 0 Å². The lowest BCUT2D eigenvalue weighted by Gasteiger charge is -2.06. The summed E-state index contributed by atoms with van der Waals surface area (Å²) in [5.74, 6) is 0. The van der Waals surface area contributed by atoms with Crippen LogP contribution in [-0.2, 0) is 6.54 Å². The van der Waals surface area contributed by atoms with Gasteiger partial charge in [0, 0.05) is 17.7 Å².